The van der Waals surface area contributed by atoms with Crippen LogP contribution in [0.2, 0.25) is 16.8 Å². The first kappa shape index (κ1) is 30.8. The average Bonchev–Trinajstić information content (AvgIpc) is 2.50. The van der Waals surface area contributed by atoms with Gasteiger partial charge in [0.1, 0.15) is 0 Å². The van der Waals surface area contributed by atoms with Crippen LogP contribution in [0.1, 0.15) is 6.42 Å². The van der Waals surface area contributed by atoms with Crippen LogP contribution in [0, 0.1) is 0 Å². The third kappa shape index (κ3) is 4.74. The Labute approximate surface area is 171 Å². The average molecular weight is 630 g/mol. The maximum absolute atomic E-state index is 13.6. The Morgan fingerprint density at radius 1 is 0.484 bits per heavy atom. The Morgan fingerprint density at radius 3 is 1.00 bits per heavy atom. The normalized spacial score (nSPS) is 16.6. The maximum atomic E-state index is 13.6. The quantitative estimate of drug-likeness (QED) is 0.179. The van der Waals surface area contributed by atoms with Crippen LogP contribution in [-0.4, -0.2) is 59.1 Å². The molecule has 0 aliphatic rings. The van der Waals surface area contributed by atoms with E-state index < -0.39 is 70.7 Å². The first-order chi connectivity index (χ1) is 13.0. The van der Waals surface area contributed by atoms with E-state index in [1.54, 1.807) is 0 Å². The van der Waals surface area contributed by atoms with E-state index in [0.29, 0.717) is 0 Å². The van der Waals surface area contributed by atoms with Crippen molar-refractivity contribution in [2.24, 2.45) is 0 Å². The Hall–Kier alpha value is -0.167. The van der Waals surface area contributed by atoms with Crippen LogP contribution >= 0.6 is 14.0 Å². The molecule has 0 fully saturated rings. The van der Waals surface area contributed by atoms with Gasteiger partial charge in [0.25, 0.3) is 0 Å². The Bertz CT molecular complexity index is 644. The van der Waals surface area contributed by atoms with E-state index in [9.17, 15) is 74.6 Å². The standard InChI is InChI=1S/C12H10BrF17Ge/c1-31(2,13)4-3-5(14,15)6(16,17)7(18,19)8(20,21)9(22,23)10(24,25)11(26,27)12(28,29)30/h3-4H2,1-2H3. The van der Waals surface area contributed by atoms with Gasteiger partial charge in [-0.3, -0.25) is 0 Å². The zero-order valence-electron chi connectivity index (χ0n) is 14.7. The summed E-state index contributed by atoms with van der Waals surface area (Å²) in [6.07, 6.45) is -10.1. The molecule has 0 nitrogen and oxygen atoms in total. The van der Waals surface area contributed by atoms with E-state index >= 15 is 0 Å². The molecule has 0 aromatic rings. The predicted molar refractivity (Wildman–Crippen MR) is 76.5 cm³/mol. The number of halogens is 18. The van der Waals surface area contributed by atoms with E-state index in [4.69, 9.17) is 0 Å². The van der Waals surface area contributed by atoms with Gasteiger partial charge in [0.2, 0.25) is 0 Å². The van der Waals surface area contributed by atoms with Gasteiger partial charge in [-0.15, -0.1) is 0 Å². The second-order valence-corrected chi connectivity index (χ2v) is 26.3. The molecule has 0 rings (SSSR count). The first-order valence-electron chi connectivity index (χ1n) is 7.36. The fourth-order valence-corrected chi connectivity index (χ4v) is 4.74. The Balaban J connectivity index is 6.56. The molecule has 0 unspecified atom stereocenters. The van der Waals surface area contributed by atoms with Gasteiger partial charge in [0.15, 0.2) is 0 Å². The zero-order chi connectivity index (χ0) is 25.9. The van der Waals surface area contributed by atoms with E-state index in [-0.39, 0.29) is 0 Å². The van der Waals surface area contributed by atoms with Crippen LogP contribution in [0.4, 0.5) is 74.6 Å². The van der Waals surface area contributed by atoms with Crippen LogP contribution in [0.3, 0.4) is 0 Å². The van der Waals surface area contributed by atoms with Gasteiger partial charge < -0.3 is 0 Å². The Kier molecular flexibility index (Phi) is 7.91. The summed E-state index contributed by atoms with van der Waals surface area (Å²) in [7, 11) is 0. The molecule has 0 saturated carbocycles. The summed E-state index contributed by atoms with van der Waals surface area (Å²) >= 11 is -0.743. The van der Waals surface area contributed by atoms with Crippen LogP contribution < -0.4 is 0 Å². The minimum absolute atomic E-state index is 1.04. The molecule has 0 bridgehead atoms. The van der Waals surface area contributed by atoms with Crippen LogP contribution in [0.5, 0.6) is 0 Å². The molecule has 0 heterocycles. The summed E-state index contributed by atoms with van der Waals surface area (Å²) in [4.78, 5) is 0. The van der Waals surface area contributed by atoms with Crippen LogP contribution in [-0.2, 0) is 0 Å². The fraction of sp³-hybridized carbons (Fsp3) is 1.00. The number of rotatable bonds is 9. The summed E-state index contributed by atoms with van der Waals surface area (Å²) in [5.74, 6) is -53.4. The molecule has 0 spiro atoms. The van der Waals surface area contributed by atoms with Crippen molar-refractivity contribution < 1.29 is 74.6 Å². The first-order valence-corrected chi connectivity index (χ1v) is 18.0. The van der Waals surface area contributed by atoms with E-state index in [1.165, 1.54) is 0 Å². The van der Waals surface area contributed by atoms with E-state index in [0.717, 1.165) is 11.5 Å². The molecule has 31 heavy (non-hydrogen) atoms. The number of hydrogen-bond acceptors (Lipinski definition) is 0. The minimum atomic E-state index is -8.57. The van der Waals surface area contributed by atoms with Crippen molar-refractivity contribution in [2.45, 2.75) is 70.8 Å². The second-order valence-electron chi connectivity index (χ2n) is 6.87. The topological polar surface area (TPSA) is 0 Å². The summed E-state index contributed by atoms with van der Waals surface area (Å²) in [5, 5.41) is -1.04. The van der Waals surface area contributed by atoms with Crippen molar-refractivity contribution in [3.8, 4) is 0 Å². The molecule has 0 saturated heterocycles. The molecule has 19 heteroatoms. The van der Waals surface area contributed by atoms with Gasteiger partial charge >= 0.3 is 171 Å². The fourth-order valence-electron chi connectivity index (χ4n) is 1.81. The zero-order valence-corrected chi connectivity index (χ0v) is 18.4. The molecule has 0 N–H and O–H groups in total. The SMILES string of the molecule is [CH3][Ge]([CH3])([Br])[CH2]CC(F)(F)C(F)(F)C(F)(F)C(F)(F)C(F)(F)C(F)(F)C(F)(F)C(F)(F)F. The molecule has 0 aliphatic heterocycles. The van der Waals surface area contributed by atoms with Crippen molar-refractivity contribution in [1.29, 1.82) is 0 Å². The van der Waals surface area contributed by atoms with Crippen molar-refractivity contribution >= 4 is 25.4 Å². The molecule has 0 radical (unpaired) electrons. The Morgan fingerprint density at radius 2 is 0.742 bits per heavy atom. The summed E-state index contributed by atoms with van der Waals surface area (Å²) in [6.45, 7) is 0. The monoisotopic (exact) mass is 630 g/mol. The molecule has 188 valence electrons. The summed E-state index contributed by atoms with van der Waals surface area (Å²) in [6, 6.07) is 0. The van der Waals surface area contributed by atoms with Gasteiger partial charge in [0.05, 0.1) is 0 Å². The van der Waals surface area contributed by atoms with E-state index in [1.807, 2.05) is 0 Å². The molecule has 0 amide bonds. The predicted octanol–water partition coefficient (Wildman–Crippen LogP) is 7.99. The van der Waals surface area contributed by atoms with Crippen molar-refractivity contribution in [3.63, 3.8) is 0 Å². The number of hydrogen-bond donors (Lipinski definition) is 0. The molecular formula is C12H10BrF17Ge. The van der Waals surface area contributed by atoms with Gasteiger partial charge in [-0.1, -0.05) is 0 Å². The van der Waals surface area contributed by atoms with Gasteiger partial charge in [-0.05, 0) is 0 Å². The third-order valence-electron chi connectivity index (χ3n) is 3.82. The van der Waals surface area contributed by atoms with E-state index in [2.05, 4.69) is 14.0 Å². The van der Waals surface area contributed by atoms with Gasteiger partial charge in [0, 0.05) is 0 Å². The van der Waals surface area contributed by atoms with Crippen molar-refractivity contribution in [3.05, 3.63) is 0 Å². The summed E-state index contributed by atoms with van der Waals surface area (Å²) < 4.78 is 222. The second kappa shape index (κ2) is 7.96. The third-order valence-corrected chi connectivity index (χ3v) is 8.90. The molecule has 0 aromatic heterocycles. The van der Waals surface area contributed by atoms with Crippen LogP contribution in [0.25, 0.3) is 0 Å². The molecule has 0 aliphatic carbocycles. The van der Waals surface area contributed by atoms with Crippen molar-refractivity contribution in [1.82, 2.24) is 0 Å². The van der Waals surface area contributed by atoms with Gasteiger partial charge in [-0.2, -0.15) is 0 Å². The number of alkyl halides is 17. The molecular weight excluding hydrogens is 620 g/mol. The van der Waals surface area contributed by atoms with Crippen LogP contribution in [0.15, 0.2) is 0 Å². The molecule has 0 aromatic carbocycles. The van der Waals surface area contributed by atoms with Gasteiger partial charge in [-0.25, -0.2) is 0 Å². The molecule has 0 atom stereocenters. The summed E-state index contributed by atoms with van der Waals surface area (Å²) in [5.41, 5.74) is 0. The van der Waals surface area contributed by atoms with Crippen molar-refractivity contribution in [2.75, 3.05) is 0 Å².